The Morgan fingerprint density at radius 1 is 0.762 bits per heavy atom. The topological polar surface area (TPSA) is 30.9 Å². The molecule has 0 aromatic heterocycles. The highest BCUT2D eigenvalue weighted by molar-refractivity contribution is 5.78. The van der Waals surface area contributed by atoms with Gasteiger partial charge in [0.25, 0.3) is 0 Å². The fourth-order valence-corrected chi connectivity index (χ4v) is 1.87. The Morgan fingerprint density at radius 3 is 1.71 bits per heavy atom. The minimum atomic E-state index is 0.929. The Morgan fingerprint density at radius 2 is 1.24 bits per heavy atom. The highest BCUT2D eigenvalue weighted by Crippen LogP contribution is 2.18. The van der Waals surface area contributed by atoms with E-state index in [0.717, 1.165) is 11.4 Å². The van der Waals surface area contributed by atoms with Crippen LogP contribution in [0.25, 0.3) is 0 Å². The summed E-state index contributed by atoms with van der Waals surface area (Å²) in [5.41, 5.74) is 4.30. The lowest BCUT2D eigenvalue weighted by Crippen LogP contribution is -2.08. The van der Waals surface area contributed by atoms with Gasteiger partial charge >= 0.3 is 0 Å². The molecule has 0 aliphatic rings. The largest absolute Gasteiger partial charge is 0.378 e. The van der Waals surface area contributed by atoms with Gasteiger partial charge in [-0.25, -0.2) is 4.99 Å². The molecule has 0 aliphatic heterocycles. The normalized spacial score (nSPS) is 10.7. The third kappa shape index (κ3) is 4.24. The van der Waals surface area contributed by atoms with Crippen LogP contribution in [0.3, 0.4) is 0 Å². The Kier molecular flexibility index (Phi) is 4.82. The molecular weight excluding hydrogens is 260 g/mol. The highest BCUT2D eigenvalue weighted by Gasteiger charge is 1.95. The summed E-state index contributed by atoms with van der Waals surface area (Å²) in [5.74, 6) is 0. The van der Waals surface area contributed by atoms with Crippen molar-refractivity contribution in [3.05, 3.63) is 48.5 Å². The molecule has 2 aromatic carbocycles. The zero-order valence-corrected chi connectivity index (χ0v) is 13.0. The van der Waals surface area contributed by atoms with Gasteiger partial charge in [0.15, 0.2) is 0 Å². The first-order valence-electron chi connectivity index (χ1n) is 6.90. The van der Waals surface area contributed by atoms with E-state index in [4.69, 9.17) is 0 Å². The Hall–Kier alpha value is -2.49. The first-order valence-corrected chi connectivity index (χ1v) is 6.90. The molecule has 110 valence electrons. The van der Waals surface area contributed by atoms with Crippen LogP contribution in [0, 0.1) is 0 Å². The average molecular weight is 282 g/mol. The lowest BCUT2D eigenvalue weighted by atomic mass is 10.2. The minimum absolute atomic E-state index is 0.929. The van der Waals surface area contributed by atoms with Gasteiger partial charge in [0, 0.05) is 45.3 Å². The van der Waals surface area contributed by atoms with Gasteiger partial charge in [-0.05, 0) is 48.5 Å². The summed E-state index contributed by atoms with van der Waals surface area (Å²) in [5, 5.41) is 3.18. The van der Waals surface area contributed by atoms with Crippen molar-refractivity contribution in [2.24, 2.45) is 4.99 Å². The van der Waals surface area contributed by atoms with Crippen molar-refractivity contribution in [2.45, 2.75) is 0 Å². The van der Waals surface area contributed by atoms with Crippen LogP contribution in [0.4, 0.5) is 22.7 Å². The third-order valence-electron chi connectivity index (χ3n) is 3.19. The van der Waals surface area contributed by atoms with Crippen LogP contribution in [-0.4, -0.2) is 34.5 Å². The van der Waals surface area contributed by atoms with Crippen LogP contribution in [-0.2, 0) is 0 Å². The monoisotopic (exact) mass is 282 g/mol. The number of rotatable bonds is 5. The minimum Gasteiger partial charge on any atom is -0.378 e. The van der Waals surface area contributed by atoms with Crippen molar-refractivity contribution in [1.29, 1.82) is 0 Å². The van der Waals surface area contributed by atoms with Crippen LogP contribution in [0.2, 0.25) is 0 Å². The van der Waals surface area contributed by atoms with Crippen molar-refractivity contribution < 1.29 is 0 Å². The second kappa shape index (κ2) is 6.79. The van der Waals surface area contributed by atoms with Gasteiger partial charge in [-0.2, -0.15) is 0 Å². The third-order valence-corrected chi connectivity index (χ3v) is 3.19. The molecule has 1 N–H and O–H groups in total. The van der Waals surface area contributed by atoms with E-state index in [9.17, 15) is 0 Å². The molecule has 2 aromatic rings. The van der Waals surface area contributed by atoms with Crippen molar-refractivity contribution in [3.63, 3.8) is 0 Å². The molecule has 0 unspecified atom stereocenters. The summed E-state index contributed by atoms with van der Waals surface area (Å²) in [6.07, 6.45) is 1.72. The van der Waals surface area contributed by atoms with E-state index in [1.165, 1.54) is 11.4 Å². The van der Waals surface area contributed by atoms with Gasteiger partial charge in [-0.3, -0.25) is 0 Å². The fourth-order valence-electron chi connectivity index (χ4n) is 1.87. The molecule has 0 atom stereocenters. The number of benzene rings is 2. The van der Waals surface area contributed by atoms with E-state index in [0.29, 0.717) is 0 Å². The van der Waals surface area contributed by atoms with Crippen molar-refractivity contribution in [3.8, 4) is 0 Å². The molecule has 0 bridgehead atoms. The van der Waals surface area contributed by atoms with E-state index < -0.39 is 0 Å². The van der Waals surface area contributed by atoms with Crippen LogP contribution in [0.15, 0.2) is 53.5 Å². The van der Waals surface area contributed by atoms with Crippen LogP contribution >= 0.6 is 0 Å². The quantitative estimate of drug-likeness (QED) is 0.671. The van der Waals surface area contributed by atoms with Crippen molar-refractivity contribution >= 4 is 29.1 Å². The zero-order valence-electron chi connectivity index (χ0n) is 13.0. The summed E-state index contributed by atoms with van der Waals surface area (Å²) in [6.45, 7) is 0. The first-order chi connectivity index (χ1) is 10.1. The summed E-state index contributed by atoms with van der Waals surface area (Å²) in [7, 11) is 8.11. The lowest BCUT2D eigenvalue weighted by molar-refractivity contribution is 1.13. The van der Waals surface area contributed by atoms with Crippen LogP contribution in [0.1, 0.15) is 0 Å². The maximum absolute atomic E-state index is 4.39. The van der Waals surface area contributed by atoms with E-state index in [1.807, 2.05) is 52.5 Å². The molecule has 0 aliphatic carbocycles. The van der Waals surface area contributed by atoms with Crippen LogP contribution < -0.4 is 15.1 Å². The standard InChI is InChI=1S/C17H22N4/c1-20(2)16-9-5-14(6-10-16)18-13-19-15-7-11-17(12-8-15)21(3)4/h5-13H,1-4H3,(H,18,19). The average Bonchev–Trinajstić information content (AvgIpc) is 2.48. The van der Waals surface area contributed by atoms with Crippen molar-refractivity contribution in [1.82, 2.24) is 0 Å². The van der Waals surface area contributed by atoms with Gasteiger partial charge in [0.1, 0.15) is 0 Å². The predicted octanol–water partition coefficient (Wildman–Crippen LogP) is 3.59. The van der Waals surface area contributed by atoms with Crippen molar-refractivity contribution in [2.75, 3.05) is 43.3 Å². The van der Waals surface area contributed by atoms with E-state index in [1.54, 1.807) is 6.34 Å². The number of anilines is 3. The molecule has 0 amide bonds. The molecule has 0 spiro atoms. The molecule has 0 fully saturated rings. The fraction of sp³-hybridized carbons (Fsp3) is 0.235. The molecule has 4 nitrogen and oxygen atoms in total. The zero-order chi connectivity index (χ0) is 15.2. The van der Waals surface area contributed by atoms with Gasteiger partial charge < -0.3 is 15.1 Å². The molecule has 0 saturated heterocycles. The molecule has 4 heteroatoms. The number of aliphatic imine (C=N–C) groups is 1. The van der Waals surface area contributed by atoms with Gasteiger partial charge in [0.2, 0.25) is 0 Å². The second-order valence-electron chi connectivity index (χ2n) is 5.25. The molecular formula is C17H22N4. The molecule has 0 radical (unpaired) electrons. The van der Waals surface area contributed by atoms with Gasteiger partial charge in [-0.1, -0.05) is 0 Å². The maximum Gasteiger partial charge on any atom is 0.0930 e. The van der Waals surface area contributed by atoms with Gasteiger partial charge in [-0.15, -0.1) is 0 Å². The summed E-state index contributed by atoms with van der Waals surface area (Å²) in [6, 6.07) is 16.3. The number of hydrogen-bond acceptors (Lipinski definition) is 3. The highest BCUT2D eigenvalue weighted by atomic mass is 15.1. The molecule has 2 rings (SSSR count). The maximum atomic E-state index is 4.39. The number of hydrogen-bond donors (Lipinski definition) is 1. The van der Waals surface area contributed by atoms with E-state index in [-0.39, 0.29) is 0 Å². The second-order valence-corrected chi connectivity index (χ2v) is 5.25. The number of nitrogens with one attached hydrogen (secondary N) is 1. The predicted molar refractivity (Wildman–Crippen MR) is 93.3 cm³/mol. The lowest BCUT2D eigenvalue weighted by Gasteiger charge is -2.12. The summed E-state index contributed by atoms with van der Waals surface area (Å²) < 4.78 is 0. The summed E-state index contributed by atoms with van der Waals surface area (Å²) in [4.78, 5) is 8.54. The molecule has 0 saturated carbocycles. The van der Waals surface area contributed by atoms with Gasteiger partial charge in [0.05, 0.1) is 12.0 Å². The number of nitrogens with zero attached hydrogens (tertiary/aromatic N) is 3. The molecule has 21 heavy (non-hydrogen) atoms. The van der Waals surface area contributed by atoms with E-state index >= 15 is 0 Å². The molecule has 0 heterocycles. The van der Waals surface area contributed by atoms with Crippen LogP contribution in [0.5, 0.6) is 0 Å². The first kappa shape index (κ1) is 14.9. The Balaban J connectivity index is 1.95. The van der Waals surface area contributed by atoms with E-state index in [2.05, 4.69) is 44.4 Å². The summed E-state index contributed by atoms with van der Waals surface area (Å²) >= 11 is 0. The SMILES string of the molecule is CN(C)c1ccc(N=CNc2ccc(N(C)C)cc2)cc1. The Labute approximate surface area is 126 Å². The smallest absolute Gasteiger partial charge is 0.0930 e. The Bertz CT molecular complexity index is 583.